The highest BCUT2D eigenvalue weighted by Crippen LogP contribution is 2.67. The molecule has 0 aromatic rings. The van der Waals surface area contributed by atoms with Gasteiger partial charge in [-0.25, -0.2) is 0 Å². The van der Waals surface area contributed by atoms with Crippen LogP contribution in [0, 0.1) is 46.3 Å². The van der Waals surface area contributed by atoms with Crippen LogP contribution in [-0.2, 0) is 9.53 Å². The van der Waals surface area contributed by atoms with Crippen molar-refractivity contribution in [2.75, 3.05) is 0 Å². The molecular weight excluding hydrogens is 428 g/mol. The first-order valence-corrected chi connectivity index (χ1v) is 14.5. The monoisotopic (exact) mass is 476 g/mol. The molecule has 0 amide bonds. The summed E-state index contributed by atoms with van der Waals surface area (Å²) < 4.78 is 5.74. The third-order valence-electron chi connectivity index (χ3n) is 10.9. The zero-order chi connectivity index (χ0) is 24.0. The number of halogens is 1. The molecule has 0 N–H and O–H groups in total. The Bertz CT molecular complexity index is 742. The average Bonchev–Trinajstić information content (AvgIpc) is 3.11. The number of esters is 1. The minimum atomic E-state index is -0.554. The molecule has 0 bridgehead atoms. The number of ether oxygens (including phenoxy) is 1. The summed E-state index contributed by atoms with van der Waals surface area (Å²) in [6.45, 7) is 14.2. The first kappa shape index (κ1) is 25.6. The molecule has 188 valence electrons. The second-order valence-corrected chi connectivity index (χ2v) is 13.9. The molecule has 3 saturated carbocycles. The molecule has 2 nitrogen and oxygen atoms in total. The highest BCUT2D eigenvalue weighted by molar-refractivity contribution is 6.29. The summed E-state index contributed by atoms with van der Waals surface area (Å²) in [4.78, 5) is 12.1. The number of rotatable bonds is 7. The van der Waals surface area contributed by atoms with Gasteiger partial charge in [0.1, 0.15) is 11.5 Å². The molecule has 4 aliphatic rings. The molecule has 9 atom stereocenters. The van der Waals surface area contributed by atoms with Crippen LogP contribution in [-0.4, -0.2) is 17.5 Å². The van der Waals surface area contributed by atoms with Crippen LogP contribution in [0.3, 0.4) is 0 Å². The van der Waals surface area contributed by atoms with Crippen LogP contribution in [0.25, 0.3) is 0 Å². The van der Waals surface area contributed by atoms with Gasteiger partial charge >= 0.3 is 5.97 Å². The van der Waals surface area contributed by atoms with Gasteiger partial charge in [0.2, 0.25) is 0 Å². The Hall–Kier alpha value is -0.500. The standard InChI is InChI=1S/C30H49ClO2/c1-19(2)8-7-9-20(3)25-12-13-26-24-11-10-22-18-23(33-28(32)21(4)31)14-16-29(22,5)27(24)15-17-30(25,26)6/h10,19-21,23-27H,7-9,11-18H2,1-6H3/t20-,21-,23-,24+,25-,26+,27+,29+,30-/m1/s1. The fraction of sp³-hybridized carbons (Fsp3) is 0.900. The van der Waals surface area contributed by atoms with E-state index in [1.54, 1.807) is 12.5 Å². The lowest BCUT2D eigenvalue weighted by atomic mass is 9.47. The fourth-order valence-corrected chi connectivity index (χ4v) is 9.06. The molecule has 0 unspecified atom stereocenters. The number of hydrogen-bond donors (Lipinski definition) is 0. The van der Waals surface area contributed by atoms with Crippen LogP contribution in [0.15, 0.2) is 11.6 Å². The molecular formula is C30H49ClO2. The molecule has 33 heavy (non-hydrogen) atoms. The molecule has 0 aromatic carbocycles. The number of carbonyl (C=O) groups excluding carboxylic acids is 1. The Morgan fingerprint density at radius 1 is 1.06 bits per heavy atom. The normalized spacial score (nSPS) is 42.1. The Labute approximate surface area is 208 Å². The summed E-state index contributed by atoms with van der Waals surface area (Å²) in [7, 11) is 0. The van der Waals surface area contributed by atoms with Gasteiger partial charge in [0.25, 0.3) is 0 Å². The summed E-state index contributed by atoms with van der Waals surface area (Å²) in [5, 5.41) is -0.554. The summed E-state index contributed by atoms with van der Waals surface area (Å²) in [6, 6.07) is 0. The van der Waals surface area contributed by atoms with Crippen molar-refractivity contribution in [3.63, 3.8) is 0 Å². The Balaban J connectivity index is 1.45. The third-order valence-corrected chi connectivity index (χ3v) is 11.0. The van der Waals surface area contributed by atoms with Gasteiger partial charge in [0, 0.05) is 6.42 Å². The smallest absolute Gasteiger partial charge is 0.324 e. The third kappa shape index (κ3) is 4.81. The maximum atomic E-state index is 12.1. The van der Waals surface area contributed by atoms with Gasteiger partial charge in [-0.05, 0) is 98.2 Å². The summed E-state index contributed by atoms with van der Waals surface area (Å²) in [5.74, 6) is 4.93. The van der Waals surface area contributed by atoms with Crippen molar-refractivity contribution in [2.24, 2.45) is 46.3 Å². The largest absolute Gasteiger partial charge is 0.461 e. The maximum absolute atomic E-state index is 12.1. The van der Waals surface area contributed by atoms with Crippen LogP contribution in [0.4, 0.5) is 0 Å². The van der Waals surface area contributed by atoms with E-state index in [4.69, 9.17) is 16.3 Å². The van der Waals surface area contributed by atoms with Crippen molar-refractivity contribution in [2.45, 2.75) is 124 Å². The lowest BCUT2D eigenvalue weighted by Crippen LogP contribution is -2.51. The molecule has 0 saturated heterocycles. The van der Waals surface area contributed by atoms with Gasteiger partial charge in [0.05, 0.1) is 0 Å². The Kier molecular flexibility index (Phi) is 7.65. The van der Waals surface area contributed by atoms with Crippen molar-refractivity contribution in [1.82, 2.24) is 0 Å². The second kappa shape index (κ2) is 9.87. The first-order chi connectivity index (χ1) is 15.6. The predicted molar refractivity (Wildman–Crippen MR) is 138 cm³/mol. The van der Waals surface area contributed by atoms with E-state index in [2.05, 4.69) is 40.7 Å². The second-order valence-electron chi connectivity index (χ2n) is 13.2. The van der Waals surface area contributed by atoms with Crippen molar-refractivity contribution in [3.05, 3.63) is 11.6 Å². The van der Waals surface area contributed by atoms with E-state index in [0.29, 0.717) is 10.8 Å². The van der Waals surface area contributed by atoms with Gasteiger partial charge < -0.3 is 4.74 Å². The molecule has 0 spiro atoms. The molecule has 0 aromatic heterocycles. The van der Waals surface area contributed by atoms with Crippen LogP contribution < -0.4 is 0 Å². The van der Waals surface area contributed by atoms with E-state index in [-0.39, 0.29) is 12.1 Å². The Morgan fingerprint density at radius 3 is 2.52 bits per heavy atom. The zero-order valence-electron chi connectivity index (χ0n) is 22.2. The molecule has 0 heterocycles. The quantitative estimate of drug-likeness (QED) is 0.209. The van der Waals surface area contributed by atoms with E-state index < -0.39 is 5.38 Å². The maximum Gasteiger partial charge on any atom is 0.324 e. The number of hydrogen-bond acceptors (Lipinski definition) is 2. The molecule has 0 radical (unpaired) electrons. The fourth-order valence-electron chi connectivity index (χ4n) is 9.01. The van der Waals surface area contributed by atoms with Crippen LogP contribution in [0.2, 0.25) is 0 Å². The van der Waals surface area contributed by atoms with E-state index in [1.807, 2.05) is 0 Å². The van der Waals surface area contributed by atoms with Gasteiger partial charge in [-0.1, -0.05) is 65.5 Å². The van der Waals surface area contributed by atoms with Gasteiger partial charge in [-0.3, -0.25) is 4.79 Å². The van der Waals surface area contributed by atoms with Crippen LogP contribution in [0.5, 0.6) is 0 Å². The summed E-state index contributed by atoms with van der Waals surface area (Å²) in [6.07, 6.45) is 16.8. The number of alkyl halides is 1. The zero-order valence-corrected chi connectivity index (χ0v) is 22.9. The number of allylic oxidation sites excluding steroid dienone is 1. The van der Waals surface area contributed by atoms with E-state index >= 15 is 0 Å². The van der Waals surface area contributed by atoms with Crippen LogP contribution in [0.1, 0.15) is 112 Å². The SMILES string of the molecule is CC(C)CCC[C@@H](C)[C@H]1CC[C@H]2[C@@H]3CC=C4C[C@H](OC(=O)[C@@H](C)Cl)CC[C@]4(C)[C@H]3CC[C@]12C. The predicted octanol–water partition coefficient (Wildman–Crippen LogP) is 8.57. The van der Waals surface area contributed by atoms with Gasteiger partial charge in [0.15, 0.2) is 0 Å². The lowest BCUT2D eigenvalue weighted by Gasteiger charge is -2.58. The summed E-state index contributed by atoms with van der Waals surface area (Å²) >= 11 is 5.95. The molecule has 4 aliphatic carbocycles. The Morgan fingerprint density at radius 2 is 1.82 bits per heavy atom. The molecule has 3 heteroatoms. The van der Waals surface area contributed by atoms with Crippen molar-refractivity contribution < 1.29 is 9.53 Å². The number of carbonyl (C=O) groups is 1. The average molecular weight is 477 g/mol. The first-order valence-electron chi connectivity index (χ1n) is 14.1. The topological polar surface area (TPSA) is 26.3 Å². The minimum Gasteiger partial charge on any atom is -0.461 e. The lowest BCUT2D eigenvalue weighted by molar-refractivity contribution is -0.150. The molecule has 3 fully saturated rings. The van der Waals surface area contributed by atoms with Crippen molar-refractivity contribution >= 4 is 17.6 Å². The molecule has 4 rings (SSSR count). The van der Waals surface area contributed by atoms with Gasteiger partial charge in [-0.15, -0.1) is 11.6 Å². The van der Waals surface area contributed by atoms with E-state index in [9.17, 15) is 4.79 Å². The minimum absolute atomic E-state index is 0.0194. The summed E-state index contributed by atoms with van der Waals surface area (Å²) in [5.41, 5.74) is 2.43. The van der Waals surface area contributed by atoms with E-state index in [1.165, 1.54) is 51.4 Å². The highest BCUT2D eigenvalue weighted by atomic mass is 35.5. The van der Waals surface area contributed by atoms with Crippen molar-refractivity contribution in [3.8, 4) is 0 Å². The number of fused-ring (bicyclic) bond motifs is 5. The highest BCUT2D eigenvalue weighted by Gasteiger charge is 2.59. The van der Waals surface area contributed by atoms with Gasteiger partial charge in [-0.2, -0.15) is 0 Å². The van der Waals surface area contributed by atoms with E-state index in [0.717, 1.165) is 54.8 Å². The van der Waals surface area contributed by atoms with Crippen LogP contribution >= 0.6 is 11.6 Å². The van der Waals surface area contributed by atoms with Crippen molar-refractivity contribution in [1.29, 1.82) is 0 Å². The molecule has 0 aliphatic heterocycles.